The van der Waals surface area contributed by atoms with Crippen molar-refractivity contribution in [1.29, 1.82) is 0 Å². The molecule has 184 valence electrons. The van der Waals surface area contributed by atoms with Crippen molar-refractivity contribution in [1.82, 2.24) is 0 Å². The first-order valence-corrected chi connectivity index (χ1v) is 12.0. The van der Waals surface area contributed by atoms with Gasteiger partial charge in [-0.1, -0.05) is 52.0 Å². The van der Waals surface area contributed by atoms with Gasteiger partial charge in [-0.05, 0) is 82.3 Å². The van der Waals surface area contributed by atoms with Crippen molar-refractivity contribution in [3.05, 3.63) is 82.7 Å². The van der Waals surface area contributed by atoms with Crippen LogP contribution < -0.4 is 9.47 Å². The zero-order valence-electron chi connectivity index (χ0n) is 21.0. The molecule has 0 bridgehead atoms. The second-order valence-corrected chi connectivity index (χ2v) is 10.4. The summed E-state index contributed by atoms with van der Waals surface area (Å²) in [6.07, 6.45) is 1.75. The minimum Gasteiger partial charge on any atom is -0.497 e. The lowest BCUT2D eigenvalue weighted by Gasteiger charge is -2.25. The fourth-order valence-electron chi connectivity index (χ4n) is 4.93. The Balaban J connectivity index is 1.60. The van der Waals surface area contributed by atoms with Gasteiger partial charge in [0, 0.05) is 5.56 Å². The van der Waals surface area contributed by atoms with Gasteiger partial charge in [0.25, 0.3) is 0 Å². The molecule has 4 rings (SSSR count). The summed E-state index contributed by atoms with van der Waals surface area (Å²) in [4.78, 5) is 11.5. The van der Waals surface area contributed by atoms with Gasteiger partial charge >= 0.3 is 5.97 Å². The van der Waals surface area contributed by atoms with E-state index in [1.54, 1.807) is 26.2 Å². The molecule has 1 aliphatic carbocycles. The Bertz CT molecular complexity index is 1240. The highest BCUT2D eigenvalue weighted by Gasteiger charge is 2.31. The van der Waals surface area contributed by atoms with Crippen molar-refractivity contribution >= 4 is 5.97 Å². The molecule has 0 fully saturated rings. The molecule has 0 amide bonds. The van der Waals surface area contributed by atoms with Gasteiger partial charge in [0.15, 0.2) is 0 Å². The number of halogens is 1. The van der Waals surface area contributed by atoms with E-state index in [2.05, 4.69) is 32.9 Å². The molecule has 0 radical (unpaired) electrons. The molecular formula is C30H33FO4. The van der Waals surface area contributed by atoms with Crippen LogP contribution in [-0.4, -0.2) is 18.2 Å². The lowest BCUT2D eigenvalue weighted by molar-refractivity contribution is -0.141. The highest BCUT2D eigenvalue weighted by Crippen LogP contribution is 2.41. The molecule has 35 heavy (non-hydrogen) atoms. The highest BCUT2D eigenvalue weighted by atomic mass is 19.1. The van der Waals surface area contributed by atoms with E-state index in [1.165, 1.54) is 11.6 Å². The Hall–Kier alpha value is -3.34. The smallest absolute Gasteiger partial charge is 0.306 e. The molecule has 0 saturated carbocycles. The average Bonchev–Trinajstić information content (AvgIpc) is 3.25. The first-order valence-electron chi connectivity index (χ1n) is 12.0. The zero-order chi connectivity index (χ0) is 25.3. The van der Waals surface area contributed by atoms with Gasteiger partial charge in [0.05, 0.1) is 13.0 Å². The molecule has 5 heteroatoms. The maximum Gasteiger partial charge on any atom is 0.306 e. The van der Waals surface area contributed by atoms with Crippen LogP contribution in [0.2, 0.25) is 0 Å². The lowest BCUT2D eigenvalue weighted by atomic mass is 9.81. The molecule has 0 saturated heterocycles. The summed E-state index contributed by atoms with van der Waals surface area (Å²) in [5.74, 6) is -0.129. The van der Waals surface area contributed by atoms with Crippen molar-refractivity contribution < 1.29 is 23.8 Å². The summed E-state index contributed by atoms with van der Waals surface area (Å²) >= 11 is 0. The number of hydrogen-bond donors (Lipinski definition) is 1. The van der Waals surface area contributed by atoms with E-state index in [1.807, 2.05) is 24.3 Å². The van der Waals surface area contributed by atoms with E-state index >= 15 is 0 Å². The fraction of sp³-hybridized carbons (Fsp3) is 0.367. The Kier molecular flexibility index (Phi) is 6.88. The number of rotatable bonds is 7. The van der Waals surface area contributed by atoms with Crippen LogP contribution >= 0.6 is 0 Å². The molecule has 1 N–H and O–H groups in total. The average molecular weight is 477 g/mol. The third kappa shape index (κ3) is 5.19. The van der Waals surface area contributed by atoms with Gasteiger partial charge in [0.2, 0.25) is 0 Å². The molecule has 2 atom stereocenters. The zero-order valence-corrected chi connectivity index (χ0v) is 21.0. The second-order valence-electron chi connectivity index (χ2n) is 10.4. The molecular weight excluding hydrogens is 443 g/mol. The standard InChI is InChI=1S/C30H33FO4/c1-18(29(32)33)23-12-8-20-7-9-22(16-25(20)23)35-17-19-6-11-24(27(14-19)30(2,3)4)26-15-21(34-5)10-13-28(26)31/h6-7,9-11,13-16,18,23H,8,12,17H2,1-5H3,(H,32,33)/t18-,23+/m0/s1. The van der Waals surface area contributed by atoms with E-state index in [4.69, 9.17) is 9.47 Å². The lowest BCUT2D eigenvalue weighted by Crippen LogP contribution is -2.17. The first kappa shape index (κ1) is 24.8. The summed E-state index contributed by atoms with van der Waals surface area (Å²) in [7, 11) is 1.58. The minimum absolute atomic E-state index is 0.00980. The van der Waals surface area contributed by atoms with Crippen molar-refractivity contribution in [2.24, 2.45) is 5.92 Å². The number of aliphatic carboxylic acids is 1. The number of carboxylic acids is 1. The molecule has 0 unspecified atom stereocenters. The van der Waals surface area contributed by atoms with E-state index in [0.717, 1.165) is 40.8 Å². The van der Waals surface area contributed by atoms with E-state index in [0.29, 0.717) is 17.9 Å². The van der Waals surface area contributed by atoms with Crippen LogP contribution in [0.1, 0.15) is 62.3 Å². The molecule has 3 aromatic carbocycles. The van der Waals surface area contributed by atoms with E-state index in [-0.39, 0.29) is 17.2 Å². The second kappa shape index (κ2) is 9.73. The number of aryl methyl sites for hydroxylation is 1. The van der Waals surface area contributed by atoms with Gasteiger partial charge in [-0.15, -0.1) is 0 Å². The van der Waals surface area contributed by atoms with Crippen LogP contribution in [0.5, 0.6) is 11.5 Å². The van der Waals surface area contributed by atoms with E-state index in [9.17, 15) is 14.3 Å². The largest absolute Gasteiger partial charge is 0.497 e. The number of hydrogen-bond acceptors (Lipinski definition) is 3. The monoisotopic (exact) mass is 476 g/mol. The van der Waals surface area contributed by atoms with Crippen LogP contribution in [0, 0.1) is 11.7 Å². The number of carboxylic acid groups (broad SMARTS) is 1. The van der Waals surface area contributed by atoms with Crippen molar-refractivity contribution in [3.63, 3.8) is 0 Å². The number of fused-ring (bicyclic) bond motifs is 1. The fourth-order valence-corrected chi connectivity index (χ4v) is 4.93. The van der Waals surface area contributed by atoms with Gasteiger partial charge in [-0.2, -0.15) is 0 Å². The number of ether oxygens (including phenoxy) is 2. The Labute approximate surface area is 206 Å². The number of carbonyl (C=O) groups is 1. The van der Waals surface area contributed by atoms with Crippen molar-refractivity contribution in [2.75, 3.05) is 7.11 Å². The van der Waals surface area contributed by atoms with Crippen molar-refractivity contribution in [2.45, 2.75) is 58.5 Å². The van der Waals surface area contributed by atoms with Crippen LogP contribution in [0.4, 0.5) is 4.39 Å². The Morgan fingerprint density at radius 1 is 1.06 bits per heavy atom. The van der Waals surface area contributed by atoms with E-state index < -0.39 is 11.9 Å². The summed E-state index contributed by atoms with van der Waals surface area (Å²) < 4.78 is 26.2. The maximum atomic E-state index is 14.8. The molecule has 0 aromatic heterocycles. The van der Waals surface area contributed by atoms with Crippen LogP contribution in [0.3, 0.4) is 0 Å². The summed E-state index contributed by atoms with van der Waals surface area (Å²) in [5, 5.41) is 9.47. The topological polar surface area (TPSA) is 55.8 Å². The summed E-state index contributed by atoms with van der Waals surface area (Å²) in [6, 6.07) is 16.8. The molecule has 0 spiro atoms. The van der Waals surface area contributed by atoms with Crippen LogP contribution in [0.25, 0.3) is 11.1 Å². The third-order valence-corrected chi connectivity index (χ3v) is 7.00. The molecule has 1 aliphatic rings. The van der Waals surface area contributed by atoms with Gasteiger partial charge < -0.3 is 14.6 Å². The number of benzene rings is 3. The predicted octanol–water partition coefficient (Wildman–Crippen LogP) is 7.13. The number of methoxy groups -OCH3 is 1. The third-order valence-electron chi connectivity index (χ3n) is 7.00. The molecule has 3 aromatic rings. The van der Waals surface area contributed by atoms with Gasteiger partial charge in [-0.25, -0.2) is 4.39 Å². The van der Waals surface area contributed by atoms with Crippen molar-refractivity contribution in [3.8, 4) is 22.6 Å². The minimum atomic E-state index is -0.767. The van der Waals surface area contributed by atoms with Crippen LogP contribution in [0.15, 0.2) is 54.6 Å². The SMILES string of the molecule is COc1ccc(F)c(-c2ccc(COc3ccc4c(c3)[C@@H]([C@H](C)C(=O)O)CC4)cc2C(C)(C)C)c1. The maximum absolute atomic E-state index is 14.8. The molecule has 0 heterocycles. The Morgan fingerprint density at radius 2 is 1.80 bits per heavy atom. The van der Waals surface area contributed by atoms with Crippen LogP contribution in [-0.2, 0) is 23.2 Å². The van der Waals surface area contributed by atoms with Gasteiger partial charge in [-0.3, -0.25) is 4.79 Å². The highest BCUT2D eigenvalue weighted by molar-refractivity contribution is 5.72. The molecule has 4 nitrogen and oxygen atoms in total. The normalized spacial score (nSPS) is 16.0. The predicted molar refractivity (Wildman–Crippen MR) is 136 cm³/mol. The van der Waals surface area contributed by atoms with Gasteiger partial charge in [0.1, 0.15) is 23.9 Å². The molecule has 0 aliphatic heterocycles. The summed E-state index contributed by atoms with van der Waals surface area (Å²) in [5.41, 5.74) is 5.42. The Morgan fingerprint density at radius 3 is 2.49 bits per heavy atom. The summed E-state index contributed by atoms with van der Waals surface area (Å²) in [6.45, 7) is 8.47. The first-order chi connectivity index (χ1) is 16.6. The quantitative estimate of drug-likeness (QED) is 0.394.